The predicted octanol–water partition coefficient (Wildman–Crippen LogP) is 2.10. The molecule has 0 aromatic heterocycles. The molecule has 1 saturated heterocycles. The van der Waals surface area contributed by atoms with Crippen LogP contribution in [0.3, 0.4) is 0 Å². The molecule has 1 amide bonds. The first-order valence-electron chi connectivity index (χ1n) is 8.35. The summed E-state index contributed by atoms with van der Waals surface area (Å²) in [7, 11) is 0. The Balaban J connectivity index is 2.20. The number of hydrogen-bond acceptors (Lipinski definition) is 3. The lowest BCUT2D eigenvalue weighted by Crippen LogP contribution is -2.46. The fourth-order valence-corrected chi connectivity index (χ4v) is 2.95. The predicted molar refractivity (Wildman–Crippen MR) is 84.9 cm³/mol. The van der Waals surface area contributed by atoms with E-state index in [-0.39, 0.29) is 11.9 Å². The van der Waals surface area contributed by atoms with Gasteiger partial charge in [-0.1, -0.05) is 13.8 Å². The molecule has 4 nitrogen and oxygen atoms in total. The van der Waals surface area contributed by atoms with Crippen molar-refractivity contribution in [2.45, 2.75) is 65.5 Å². The summed E-state index contributed by atoms with van der Waals surface area (Å²) in [4.78, 5) is 16.7. The molecule has 0 aromatic rings. The second-order valence-corrected chi connectivity index (χ2v) is 5.99. The Kier molecular flexibility index (Phi) is 8.15. The first kappa shape index (κ1) is 17.4. The zero-order valence-corrected chi connectivity index (χ0v) is 13.8. The van der Waals surface area contributed by atoms with Crippen LogP contribution in [-0.2, 0) is 4.79 Å². The SMILES string of the molecule is CCN(CC)CCCC(C)NC(C)C(=O)N1CCCC1. The minimum atomic E-state index is -0.0449. The fourth-order valence-electron chi connectivity index (χ4n) is 2.95. The molecule has 4 heteroatoms. The summed E-state index contributed by atoms with van der Waals surface area (Å²) >= 11 is 0. The van der Waals surface area contributed by atoms with Gasteiger partial charge in [-0.25, -0.2) is 0 Å². The van der Waals surface area contributed by atoms with Crippen LogP contribution in [0.1, 0.15) is 53.4 Å². The lowest BCUT2D eigenvalue weighted by atomic mass is 10.1. The summed E-state index contributed by atoms with van der Waals surface area (Å²) in [5, 5.41) is 3.46. The molecule has 2 atom stereocenters. The molecule has 0 aliphatic carbocycles. The Labute approximate surface area is 124 Å². The van der Waals surface area contributed by atoms with Crippen LogP contribution in [0.15, 0.2) is 0 Å². The quantitative estimate of drug-likeness (QED) is 0.704. The minimum Gasteiger partial charge on any atom is -0.341 e. The van der Waals surface area contributed by atoms with Crippen molar-refractivity contribution in [1.82, 2.24) is 15.1 Å². The molecule has 1 fully saturated rings. The van der Waals surface area contributed by atoms with Crippen molar-refractivity contribution >= 4 is 5.91 Å². The highest BCUT2D eigenvalue weighted by Crippen LogP contribution is 2.10. The molecule has 2 unspecified atom stereocenters. The van der Waals surface area contributed by atoms with Gasteiger partial charge in [-0.2, -0.15) is 0 Å². The Hall–Kier alpha value is -0.610. The summed E-state index contributed by atoms with van der Waals surface area (Å²) in [6, 6.07) is 0.365. The zero-order valence-electron chi connectivity index (χ0n) is 13.8. The fraction of sp³-hybridized carbons (Fsp3) is 0.938. The highest BCUT2D eigenvalue weighted by atomic mass is 16.2. The van der Waals surface area contributed by atoms with Crippen molar-refractivity contribution in [3.63, 3.8) is 0 Å². The Morgan fingerprint density at radius 3 is 2.35 bits per heavy atom. The maximum absolute atomic E-state index is 12.2. The van der Waals surface area contributed by atoms with Crippen molar-refractivity contribution in [3.8, 4) is 0 Å². The molecule has 0 bridgehead atoms. The van der Waals surface area contributed by atoms with Crippen LogP contribution in [0.2, 0.25) is 0 Å². The van der Waals surface area contributed by atoms with Gasteiger partial charge in [0.05, 0.1) is 6.04 Å². The third kappa shape index (κ3) is 5.80. The van der Waals surface area contributed by atoms with Gasteiger partial charge in [-0.3, -0.25) is 4.79 Å². The van der Waals surface area contributed by atoms with Gasteiger partial charge in [0.15, 0.2) is 0 Å². The average molecular weight is 283 g/mol. The van der Waals surface area contributed by atoms with E-state index >= 15 is 0 Å². The summed E-state index contributed by atoms with van der Waals surface area (Å²) < 4.78 is 0. The normalized spacial score (nSPS) is 18.6. The molecule has 0 radical (unpaired) electrons. The van der Waals surface area contributed by atoms with Crippen LogP contribution in [0.25, 0.3) is 0 Å². The number of rotatable bonds is 9. The van der Waals surface area contributed by atoms with Crippen molar-refractivity contribution in [2.75, 3.05) is 32.7 Å². The number of nitrogens with one attached hydrogen (secondary N) is 1. The lowest BCUT2D eigenvalue weighted by molar-refractivity contribution is -0.132. The van der Waals surface area contributed by atoms with E-state index < -0.39 is 0 Å². The lowest BCUT2D eigenvalue weighted by Gasteiger charge is -2.25. The van der Waals surface area contributed by atoms with Gasteiger partial charge in [-0.15, -0.1) is 0 Å². The maximum atomic E-state index is 12.2. The first-order chi connectivity index (χ1) is 9.58. The van der Waals surface area contributed by atoms with Crippen molar-refractivity contribution in [1.29, 1.82) is 0 Å². The van der Waals surface area contributed by atoms with E-state index in [0.29, 0.717) is 6.04 Å². The van der Waals surface area contributed by atoms with Gasteiger partial charge in [0.1, 0.15) is 0 Å². The van der Waals surface area contributed by atoms with E-state index in [4.69, 9.17) is 0 Å². The Bertz CT molecular complexity index is 273. The van der Waals surface area contributed by atoms with Crippen molar-refractivity contribution < 1.29 is 4.79 Å². The average Bonchev–Trinajstić information content (AvgIpc) is 2.96. The molecule has 118 valence electrons. The highest BCUT2D eigenvalue weighted by molar-refractivity contribution is 5.81. The number of hydrogen-bond donors (Lipinski definition) is 1. The van der Waals surface area contributed by atoms with E-state index in [9.17, 15) is 4.79 Å². The van der Waals surface area contributed by atoms with Gasteiger partial charge in [-0.05, 0) is 59.2 Å². The second-order valence-electron chi connectivity index (χ2n) is 5.99. The van der Waals surface area contributed by atoms with E-state index in [0.717, 1.165) is 52.0 Å². The number of nitrogens with zero attached hydrogens (tertiary/aromatic N) is 2. The summed E-state index contributed by atoms with van der Waals surface area (Å²) in [6.07, 6.45) is 4.66. The van der Waals surface area contributed by atoms with Gasteiger partial charge in [0, 0.05) is 19.1 Å². The molecule has 1 aliphatic heterocycles. The largest absolute Gasteiger partial charge is 0.341 e. The van der Waals surface area contributed by atoms with Crippen LogP contribution >= 0.6 is 0 Å². The van der Waals surface area contributed by atoms with Crippen LogP contribution in [0, 0.1) is 0 Å². The molecule has 1 heterocycles. The third-order valence-electron chi connectivity index (χ3n) is 4.33. The van der Waals surface area contributed by atoms with Gasteiger partial charge < -0.3 is 15.1 Å². The molecule has 0 saturated carbocycles. The first-order valence-corrected chi connectivity index (χ1v) is 8.35. The second kappa shape index (κ2) is 9.35. The summed E-state index contributed by atoms with van der Waals surface area (Å²) in [6.45, 7) is 13.9. The number of carbonyl (C=O) groups excluding carboxylic acids is 1. The minimum absolute atomic E-state index is 0.0449. The van der Waals surface area contributed by atoms with E-state index in [1.54, 1.807) is 0 Å². The number of amides is 1. The molecular weight excluding hydrogens is 250 g/mol. The molecular formula is C16H33N3O. The monoisotopic (exact) mass is 283 g/mol. The van der Waals surface area contributed by atoms with Crippen LogP contribution in [-0.4, -0.2) is 60.5 Å². The number of likely N-dealkylation sites (tertiary alicyclic amines) is 1. The molecule has 1 aliphatic rings. The van der Waals surface area contributed by atoms with Crippen LogP contribution in [0.4, 0.5) is 0 Å². The van der Waals surface area contributed by atoms with Crippen molar-refractivity contribution in [2.24, 2.45) is 0 Å². The molecule has 1 N–H and O–H groups in total. The topological polar surface area (TPSA) is 35.6 Å². The van der Waals surface area contributed by atoms with Crippen LogP contribution < -0.4 is 5.32 Å². The molecule has 20 heavy (non-hydrogen) atoms. The summed E-state index contributed by atoms with van der Waals surface area (Å²) in [5.74, 6) is 0.276. The van der Waals surface area contributed by atoms with Gasteiger partial charge in [0.2, 0.25) is 5.91 Å². The Morgan fingerprint density at radius 1 is 1.20 bits per heavy atom. The van der Waals surface area contributed by atoms with E-state index in [1.807, 2.05) is 11.8 Å². The molecule has 1 rings (SSSR count). The number of carbonyl (C=O) groups is 1. The summed E-state index contributed by atoms with van der Waals surface area (Å²) in [5.41, 5.74) is 0. The molecule has 0 spiro atoms. The standard InChI is InChI=1S/C16H33N3O/c1-5-18(6-2)11-9-10-14(3)17-15(4)16(20)19-12-7-8-13-19/h14-15,17H,5-13H2,1-4H3. The highest BCUT2D eigenvalue weighted by Gasteiger charge is 2.23. The Morgan fingerprint density at radius 2 is 1.80 bits per heavy atom. The maximum Gasteiger partial charge on any atom is 0.239 e. The van der Waals surface area contributed by atoms with E-state index in [1.165, 1.54) is 6.42 Å². The smallest absolute Gasteiger partial charge is 0.239 e. The van der Waals surface area contributed by atoms with Gasteiger partial charge in [0.25, 0.3) is 0 Å². The molecule has 0 aromatic carbocycles. The van der Waals surface area contributed by atoms with Crippen LogP contribution in [0.5, 0.6) is 0 Å². The van der Waals surface area contributed by atoms with Crippen molar-refractivity contribution in [3.05, 3.63) is 0 Å². The van der Waals surface area contributed by atoms with Gasteiger partial charge >= 0.3 is 0 Å². The van der Waals surface area contributed by atoms with E-state index in [2.05, 4.69) is 31.0 Å². The zero-order chi connectivity index (χ0) is 15.0. The third-order valence-corrected chi connectivity index (χ3v) is 4.33.